The molecule has 5 heteroatoms. The number of hydrogen-bond acceptors (Lipinski definition) is 3. The zero-order valence-electron chi connectivity index (χ0n) is 8.59. The Morgan fingerprint density at radius 3 is 2.33 bits per heavy atom. The molecule has 0 bridgehead atoms. The number of methoxy groups -OCH3 is 1. The van der Waals surface area contributed by atoms with Crippen LogP contribution in [-0.2, 0) is 4.74 Å². The van der Waals surface area contributed by atoms with Crippen molar-refractivity contribution in [2.75, 3.05) is 19.5 Å². The Hall–Kier alpha value is -1.36. The van der Waals surface area contributed by atoms with E-state index in [-0.39, 0.29) is 12.3 Å². The Morgan fingerprint density at radius 2 is 1.87 bits per heavy atom. The first kappa shape index (κ1) is 11.7. The molecule has 3 nitrogen and oxygen atoms in total. The van der Waals surface area contributed by atoms with Crippen molar-refractivity contribution in [3.63, 3.8) is 0 Å². The van der Waals surface area contributed by atoms with Crippen molar-refractivity contribution in [3.8, 4) is 5.75 Å². The summed E-state index contributed by atoms with van der Waals surface area (Å²) < 4.78 is 36.3. The van der Waals surface area contributed by atoms with Gasteiger partial charge in [0.05, 0.1) is 6.61 Å². The number of halogens is 2. The lowest BCUT2D eigenvalue weighted by molar-refractivity contribution is 0.0862. The normalized spacial score (nSPS) is 12.5. The predicted molar refractivity (Wildman–Crippen MR) is 52.7 cm³/mol. The van der Waals surface area contributed by atoms with Crippen molar-refractivity contribution in [1.29, 1.82) is 0 Å². The summed E-state index contributed by atoms with van der Waals surface area (Å²) in [6.07, 6.45) is -0.428. The van der Waals surface area contributed by atoms with Gasteiger partial charge in [0, 0.05) is 24.9 Å². The summed E-state index contributed by atoms with van der Waals surface area (Å²) >= 11 is 0. The number of benzene rings is 1. The van der Waals surface area contributed by atoms with Crippen LogP contribution in [0.4, 0.5) is 14.5 Å². The summed E-state index contributed by atoms with van der Waals surface area (Å²) in [5.41, 5.74) is 5.28. The van der Waals surface area contributed by atoms with E-state index in [9.17, 15) is 8.78 Å². The Bertz CT molecular complexity index is 321. The Balaban J connectivity index is 2.85. The molecule has 0 aromatic heterocycles. The van der Waals surface area contributed by atoms with Gasteiger partial charge in [0.25, 0.3) is 0 Å². The highest BCUT2D eigenvalue weighted by atomic mass is 19.1. The van der Waals surface area contributed by atoms with E-state index in [1.54, 1.807) is 6.92 Å². The van der Waals surface area contributed by atoms with Gasteiger partial charge in [-0.2, -0.15) is 0 Å². The van der Waals surface area contributed by atoms with Crippen LogP contribution in [0.25, 0.3) is 0 Å². The van der Waals surface area contributed by atoms with E-state index in [0.29, 0.717) is 0 Å². The monoisotopic (exact) mass is 217 g/mol. The first-order chi connectivity index (χ1) is 7.04. The van der Waals surface area contributed by atoms with E-state index >= 15 is 0 Å². The van der Waals surface area contributed by atoms with Crippen LogP contribution in [-0.4, -0.2) is 19.8 Å². The third-order valence-electron chi connectivity index (χ3n) is 1.74. The molecule has 0 aliphatic heterocycles. The van der Waals surface area contributed by atoms with Gasteiger partial charge in [-0.15, -0.1) is 0 Å². The lowest BCUT2D eigenvalue weighted by atomic mass is 10.2. The second-order valence-electron chi connectivity index (χ2n) is 3.20. The van der Waals surface area contributed by atoms with Crippen LogP contribution in [0.2, 0.25) is 0 Å². The molecule has 0 aliphatic rings. The van der Waals surface area contributed by atoms with Gasteiger partial charge in [-0.05, 0) is 6.92 Å². The van der Waals surface area contributed by atoms with Crippen molar-refractivity contribution >= 4 is 5.69 Å². The second-order valence-corrected chi connectivity index (χ2v) is 3.20. The highest BCUT2D eigenvalue weighted by molar-refractivity contribution is 5.44. The molecule has 1 aromatic rings. The quantitative estimate of drug-likeness (QED) is 0.784. The number of anilines is 1. The first-order valence-corrected chi connectivity index (χ1v) is 4.44. The molecule has 0 fully saturated rings. The fourth-order valence-corrected chi connectivity index (χ4v) is 1.16. The summed E-state index contributed by atoms with van der Waals surface area (Å²) in [6.45, 7) is 1.90. The van der Waals surface area contributed by atoms with Crippen molar-refractivity contribution in [2.24, 2.45) is 0 Å². The van der Waals surface area contributed by atoms with E-state index < -0.39 is 23.5 Å². The molecule has 0 saturated heterocycles. The van der Waals surface area contributed by atoms with Crippen molar-refractivity contribution in [1.82, 2.24) is 0 Å². The molecule has 1 atom stereocenters. The van der Waals surface area contributed by atoms with Crippen molar-refractivity contribution in [2.45, 2.75) is 13.0 Å². The summed E-state index contributed by atoms with van der Waals surface area (Å²) in [5, 5.41) is 0. The van der Waals surface area contributed by atoms with E-state index in [1.165, 1.54) is 7.11 Å². The highest BCUT2D eigenvalue weighted by Gasteiger charge is 2.14. The molecule has 84 valence electrons. The molecule has 1 aromatic carbocycles. The van der Waals surface area contributed by atoms with Crippen molar-refractivity contribution in [3.05, 3.63) is 23.8 Å². The van der Waals surface area contributed by atoms with Gasteiger partial charge in [0.1, 0.15) is 6.10 Å². The van der Waals surface area contributed by atoms with E-state index in [4.69, 9.17) is 15.2 Å². The lowest BCUT2D eigenvalue weighted by Gasteiger charge is -2.15. The second kappa shape index (κ2) is 4.93. The molecule has 0 spiro atoms. The van der Waals surface area contributed by atoms with Crippen LogP contribution in [0.3, 0.4) is 0 Å². The van der Waals surface area contributed by atoms with Gasteiger partial charge >= 0.3 is 0 Å². The maximum atomic E-state index is 13.2. The molecule has 0 heterocycles. The number of hydrogen-bond donors (Lipinski definition) is 1. The Labute approximate surface area is 86.8 Å². The van der Waals surface area contributed by atoms with E-state index in [1.807, 2.05) is 0 Å². The van der Waals surface area contributed by atoms with Gasteiger partial charge in [-0.25, -0.2) is 8.78 Å². The van der Waals surface area contributed by atoms with Gasteiger partial charge < -0.3 is 15.2 Å². The predicted octanol–water partition coefficient (Wildman–Crippen LogP) is 1.96. The summed E-state index contributed by atoms with van der Waals surface area (Å²) in [5.74, 6) is -2.04. The first-order valence-electron chi connectivity index (χ1n) is 4.44. The number of rotatable bonds is 4. The lowest BCUT2D eigenvalue weighted by Crippen LogP contribution is -2.19. The van der Waals surface area contributed by atoms with Crippen LogP contribution in [0.1, 0.15) is 6.92 Å². The van der Waals surface area contributed by atoms with Gasteiger partial charge in [0.15, 0.2) is 17.4 Å². The Kier molecular flexibility index (Phi) is 3.85. The zero-order valence-corrected chi connectivity index (χ0v) is 8.59. The standard InChI is InChI=1S/C10H13F2NO2/c1-6(5-14-2)15-10-8(11)3-7(13)4-9(10)12/h3-4,6H,5,13H2,1-2H3. The minimum Gasteiger partial charge on any atom is -0.482 e. The molecule has 15 heavy (non-hydrogen) atoms. The largest absolute Gasteiger partial charge is 0.482 e. The molecule has 2 N–H and O–H groups in total. The molecule has 0 radical (unpaired) electrons. The van der Waals surface area contributed by atoms with Crippen LogP contribution < -0.4 is 10.5 Å². The molecular weight excluding hydrogens is 204 g/mol. The summed E-state index contributed by atoms with van der Waals surface area (Å²) in [6, 6.07) is 2.02. The summed E-state index contributed by atoms with van der Waals surface area (Å²) in [7, 11) is 1.48. The minimum absolute atomic E-state index is 0.0248. The van der Waals surface area contributed by atoms with E-state index in [2.05, 4.69) is 0 Å². The molecule has 1 unspecified atom stereocenters. The van der Waals surface area contributed by atoms with Crippen LogP contribution in [0.5, 0.6) is 5.75 Å². The average Bonchev–Trinajstić information content (AvgIpc) is 2.11. The molecular formula is C10H13F2NO2. The SMILES string of the molecule is COCC(C)Oc1c(F)cc(N)cc1F. The van der Waals surface area contributed by atoms with Crippen LogP contribution in [0.15, 0.2) is 12.1 Å². The maximum Gasteiger partial charge on any atom is 0.191 e. The molecule has 0 amide bonds. The minimum atomic E-state index is -0.810. The average molecular weight is 217 g/mol. The number of nitrogens with two attached hydrogens (primary N) is 1. The number of ether oxygens (including phenoxy) is 2. The summed E-state index contributed by atoms with van der Waals surface area (Å²) in [4.78, 5) is 0. The third kappa shape index (κ3) is 3.06. The van der Waals surface area contributed by atoms with Gasteiger partial charge in [-0.1, -0.05) is 0 Å². The van der Waals surface area contributed by atoms with Gasteiger partial charge in [-0.3, -0.25) is 0 Å². The smallest absolute Gasteiger partial charge is 0.191 e. The molecule has 0 saturated carbocycles. The third-order valence-corrected chi connectivity index (χ3v) is 1.74. The highest BCUT2D eigenvalue weighted by Crippen LogP contribution is 2.25. The van der Waals surface area contributed by atoms with Crippen LogP contribution >= 0.6 is 0 Å². The fraction of sp³-hybridized carbons (Fsp3) is 0.400. The van der Waals surface area contributed by atoms with Gasteiger partial charge in [0.2, 0.25) is 0 Å². The fourth-order valence-electron chi connectivity index (χ4n) is 1.16. The molecule has 0 aliphatic carbocycles. The maximum absolute atomic E-state index is 13.2. The zero-order chi connectivity index (χ0) is 11.4. The van der Waals surface area contributed by atoms with Crippen molar-refractivity contribution < 1.29 is 18.3 Å². The topological polar surface area (TPSA) is 44.5 Å². The van der Waals surface area contributed by atoms with E-state index in [0.717, 1.165) is 12.1 Å². The molecule has 1 rings (SSSR count). The number of nitrogen functional groups attached to an aromatic ring is 1. The Morgan fingerprint density at radius 1 is 1.33 bits per heavy atom. The van der Waals surface area contributed by atoms with Crippen LogP contribution in [0, 0.1) is 11.6 Å².